The molecule has 0 aromatic heterocycles. The van der Waals surface area contributed by atoms with E-state index in [-0.39, 0.29) is 24.9 Å². The summed E-state index contributed by atoms with van der Waals surface area (Å²) in [6, 6.07) is -0.709. The Morgan fingerprint density at radius 2 is 0.900 bits per heavy atom. The molecule has 0 aromatic rings. The van der Waals surface area contributed by atoms with Gasteiger partial charge in [0, 0.05) is 6.42 Å². The van der Waals surface area contributed by atoms with Gasteiger partial charge in [0.25, 0.3) is 0 Å². The molecule has 3 atom stereocenters. The third kappa shape index (κ3) is 42.8. The number of allylic oxidation sites excluding steroid dienone is 6. The number of esters is 1. The number of rotatable bonds is 47. The van der Waals surface area contributed by atoms with Crippen molar-refractivity contribution in [3.63, 3.8) is 0 Å². The second kappa shape index (κ2) is 48.1. The van der Waals surface area contributed by atoms with E-state index in [0.717, 1.165) is 77.0 Å². The lowest BCUT2D eigenvalue weighted by Crippen LogP contribution is -2.46. The van der Waals surface area contributed by atoms with Crippen molar-refractivity contribution in [2.75, 3.05) is 6.61 Å². The highest BCUT2D eigenvalue weighted by atomic mass is 16.5. The van der Waals surface area contributed by atoms with Crippen LogP contribution in [0.2, 0.25) is 0 Å². The number of aliphatic hydroxyl groups is 2. The zero-order valence-corrected chi connectivity index (χ0v) is 40.1. The van der Waals surface area contributed by atoms with Gasteiger partial charge in [-0.1, -0.05) is 237 Å². The van der Waals surface area contributed by atoms with Gasteiger partial charge in [0.15, 0.2) is 0 Å². The molecule has 0 aliphatic heterocycles. The average Bonchev–Trinajstić information content (AvgIpc) is 3.24. The first kappa shape index (κ1) is 58.1. The molecule has 0 saturated heterocycles. The van der Waals surface area contributed by atoms with E-state index in [1.807, 2.05) is 0 Å². The number of nitrogens with one attached hydrogen (secondary N) is 1. The summed E-state index contributed by atoms with van der Waals surface area (Å²) in [5.74, 6) is -0.502. The summed E-state index contributed by atoms with van der Waals surface area (Å²) in [5, 5.41) is 23.7. The highest BCUT2D eigenvalue weighted by molar-refractivity contribution is 5.77. The van der Waals surface area contributed by atoms with Crippen LogP contribution < -0.4 is 5.32 Å². The zero-order chi connectivity index (χ0) is 43.8. The molecule has 3 unspecified atom stereocenters. The molecule has 0 saturated carbocycles. The summed E-state index contributed by atoms with van der Waals surface area (Å²) in [5.41, 5.74) is 0. The molecular weight excluding hydrogens is 743 g/mol. The van der Waals surface area contributed by atoms with Gasteiger partial charge in [0.1, 0.15) is 6.10 Å². The number of unbranched alkanes of at least 4 members (excludes halogenated alkanes) is 29. The van der Waals surface area contributed by atoms with E-state index in [1.54, 1.807) is 0 Å². The largest absolute Gasteiger partial charge is 0.462 e. The quantitative estimate of drug-likeness (QED) is 0.0322. The van der Waals surface area contributed by atoms with Gasteiger partial charge in [-0.2, -0.15) is 0 Å². The molecule has 0 bridgehead atoms. The maximum Gasteiger partial charge on any atom is 0.306 e. The molecular formula is C54H101NO5. The first-order chi connectivity index (χ1) is 29.5. The molecule has 0 spiro atoms. The number of hydrogen-bond donors (Lipinski definition) is 3. The minimum Gasteiger partial charge on any atom is -0.462 e. The van der Waals surface area contributed by atoms with Crippen LogP contribution in [-0.2, 0) is 14.3 Å². The first-order valence-electron chi connectivity index (χ1n) is 26.2. The Bertz CT molecular complexity index is 993. The Morgan fingerprint density at radius 1 is 0.500 bits per heavy atom. The van der Waals surface area contributed by atoms with E-state index in [1.165, 1.54) is 148 Å². The number of carbonyl (C=O) groups excluding carboxylic acids is 2. The summed E-state index contributed by atoms with van der Waals surface area (Å²) in [7, 11) is 0. The predicted octanol–water partition coefficient (Wildman–Crippen LogP) is 15.7. The van der Waals surface area contributed by atoms with E-state index in [4.69, 9.17) is 4.74 Å². The number of amides is 1. The van der Waals surface area contributed by atoms with Gasteiger partial charge in [-0.15, -0.1) is 0 Å². The van der Waals surface area contributed by atoms with Crippen LogP contribution in [0, 0.1) is 0 Å². The number of carbonyl (C=O) groups is 2. The van der Waals surface area contributed by atoms with E-state index in [2.05, 4.69) is 62.5 Å². The molecule has 6 heteroatoms. The Hall–Kier alpha value is -1.92. The lowest BCUT2D eigenvalue weighted by Gasteiger charge is -2.24. The Balaban J connectivity index is 4.49. The Labute approximate surface area is 373 Å². The molecule has 0 aliphatic rings. The van der Waals surface area contributed by atoms with E-state index >= 15 is 0 Å². The Morgan fingerprint density at radius 3 is 1.35 bits per heavy atom. The van der Waals surface area contributed by atoms with Crippen LogP contribution in [0.1, 0.15) is 271 Å². The second-order valence-electron chi connectivity index (χ2n) is 17.9. The van der Waals surface area contributed by atoms with Gasteiger partial charge in [-0.3, -0.25) is 9.59 Å². The number of hydrogen-bond acceptors (Lipinski definition) is 5. The van der Waals surface area contributed by atoms with Gasteiger partial charge >= 0.3 is 5.97 Å². The Kier molecular flexibility index (Phi) is 46.6. The molecule has 0 aliphatic carbocycles. The molecule has 6 nitrogen and oxygen atoms in total. The molecule has 0 heterocycles. The van der Waals surface area contributed by atoms with Crippen molar-refractivity contribution in [2.45, 2.75) is 289 Å². The monoisotopic (exact) mass is 844 g/mol. The van der Waals surface area contributed by atoms with E-state index in [9.17, 15) is 19.8 Å². The van der Waals surface area contributed by atoms with E-state index < -0.39 is 18.2 Å². The lowest BCUT2D eigenvalue weighted by atomic mass is 10.0. The number of ether oxygens (including phenoxy) is 1. The first-order valence-corrected chi connectivity index (χ1v) is 26.2. The van der Waals surface area contributed by atoms with Gasteiger partial charge in [-0.25, -0.2) is 0 Å². The highest BCUT2D eigenvalue weighted by Gasteiger charge is 2.24. The number of aliphatic hydroxyl groups excluding tert-OH is 2. The van der Waals surface area contributed by atoms with Crippen molar-refractivity contribution in [1.29, 1.82) is 0 Å². The van der Waals surface area contributed by atoms with Crippen molar-refractivity contribution < 1.29 is 24.5 Å². The fourth-order valence-electron chi connectivity index (χ4n) is 8.03. The summed E-state index contributed by atoms with van der Waals surface area (Å²) >= 11 is 0. The fourth-order valence-corrected chi connectivity index (χ4v) is 8.03. The van der Waals surface area contributed by atoms with Crippen LogP contribution in [-0.4, -0.2) is 46.9 Å². The minimum absolute atomic E-state index is 0.0551. The predicted molar refractivity (Wildman–Crippen MR) is 259 cm³/mol. The molecule has 1 amide bonds. The fraction of sp³-hybridized carbons (Fsp3) is 0.852. The van der Waals surface area contributed by atoms with Crippen LogP contribution in [0.15, 0.2) is 36.5 Å². The summed E-state index contributed by atoms with van der Waals surface area (Å²) in [6.45, 7) is 6.36. The maximum absolute atomic E-state index is 13.2. The minimum atomic E-state index is -0.794. The molecule has 3 N–H and O–H groups in total. The normalized spacial score (nSPS) is 13.5. The van der Waals surface area contributed by atoms with Crippen molar-refractivity contribution in [1.82, 2.24) is 5.32 Å². The molecule has 0 fully saturated rings. The van der Waals surface area contributed by atoms with Crippen LogP contribution in [0.3, 0.4) is 0 Å². The third-order valence-electron chi connectivity index (χ3n) is 12.0. The second-order valence-corrected chi connectivity index (χ2v) is 17.9. The smallest absolute Gasteiger partial charge is 0.306 e. The molecule has 0 aromatic carbocycles. The highest BCUT2D eigenvalue weighted by Crippen LogP contribution is 2.18. The van der Waals surface area contributed by atoms with Crippen molar-refractivity contribution in [3.8, 4) is 0 Å². The SMILES string of the molecule is CC/C=C/C/C=C/C/C=C/CCCCC(CC(=O)NC(CO)C(O)CCCCCCCCCCCC)OC(=O)CCCCCCCCCCCCCCCCCCCCC. The van der Waals surface area contributed by atoms with Crippen molar-refractivity contribution in [3.05, 3.63) is 36.5 Å². The van der Waals surface area contributed by atoms with Crippen LogP contribution in [0.5, 0.6) is 0 Å². The van der Waals surface area contributed by atoms with Crippen LogP contribution >= 0.6 is 0 Å². The summed E-state index contributed by atoms with van der Waals surface area (Å²) < 4.78 is 5.92. The average molecular weight is 844 g/mol. The van der Waals surface area contributed by atoms with E-state index in [0.29, 0.717) is 19.3 Å². The van der Waals surface area contributed by atoms with Gasteiger partial charge < -0.3 is 20.3 Å². The van der Waals surface area contributed by atoms with Gasteiger partial charge in [0.2, 0.25) is 5.91 Å². The van der Waals surface area contributed by atoms with Crippen molar-refractivity contribution in [2.24, 2.45) is 0 Å². The van der Waals surface area contributed by atoms with Crippen molar-refractivity contribution >= 4 is 11.9 Å². The third-order valence-corrected chi connectivity index (χ3v) is 12.0. The molecule has 0 rings (SSSR count). The molecule has 60 heavy (non-hydrogen) atoms. The summed E-state index contributed by atoms with van der Waals surface area (Å²) in [4.78, 5) is 26.1. The van der Waals surface area contributed by atoms with Crippen LogP contribution in [0.4, 0.5) is 0 Å². The standard InChI is InChI=1S/C54H101NO5/c1-4-7-10-13-16-19-22-24-25-26-27-28-29-30-32-35-38-41-44-47-54(59)60-50(45-42-39-36-33-31-23-20-17-14-11-8-5-2)48-53(58)55-51(49-56)52(57)46-43-40-37-34-21-18-15-12-9-6-3/h8,11,17,20,31,33,50-52,56-57H,4-7,9-10,12-16,18-19,21-30,32,34-49H2,1-3H3,(H,55,58)/b11-8+,20-17+,33-31+. The molecule has 0 radical (unpaired) electrons. The topological polar surface area (TPSA) is 95.9 Å². The lowest BCUT2D eigenvalue weighted by molar-refractivity contribution is -0.151. The van der Waals surface area contributed by atoms with Crippen LogP contribution in [0.25, 0.3) is 0 Å². The maximum atomic E-state index is 13.2. The molecule has 352 valence electrons. The van der Waals surface area contributed by atoms with Gasteiger partial charge in [-0.05, 0) is 57.8 Å². The van der Waals surface area contributed by atoms with Gasteiger partial charge in [0.05, 0.1) is 25.2 Å². The summed E-state index contributed by atoms with van der Waals surface area (Å²) in [6.07, 6.45) is 56.5. The zero-order valence-electron chi connectivity index (χ0n) is 40.1.